The summed E-state index contributed by atoms with van der Waals surface area (Å²) >= 11 is 5.19. The minimum atomic E-state index is 0.645. The Hall–Kier alpha value is 0.01000. The van der Waals surface area contributed by atoms with Crippen molar-refractivity contribution >= 4 is 17.1 Å². The van der Waals surface area contributed by atoms with E-state index in [9.17, 15) is 0 Å². The van der Waals surface area contributed by atoms with Gasteiger partial charge >= 0.3 is 0 Å². The first-order valence-corrected chi connectivity index (χ1v) is 6.56. The van der Waals surface area contributed by atoms with Crippen LogP contribution >= 0.6 is 12.2 Å². The number of nitrogens with one attached hydrogen (secondary N) is 1. The molecule has 3 heteroatoms. The van der Waals surface area contributed by atoms with Crippen LogP contribution in [-0.4, -0.2) is 42.5 Å². The number of hydrogen-bond acceptors (Lipinski definition) is 3. The van der Waals surface area contributed by atoms with Gasteiger partial charge in [-0.15, -0.1) is 0 Å². The highest BCUT2D eigenvalue weighted by atomic mass is 32.1. The number of hydrogen-bond donors (Lipinski definition) is 1. The van der Waals surface area contributed by atoms with Crippen molar-refractivity contribution in [1.82, 2.24) is 10.2 Å². The highest BCUT2D eigenvalue weighted by Crippen LogP contribution is 2.08. The normalized spacial score (nSPS) is 21.5. The largest absolute Gasteiger partial charge is 0.309 e. The summed E-state index contributed by atoms with van der Waals surface area (Å²) in [6.07, 6.45) is 6.35. The maximum absolute atomic E-state index is 5.19. The predicted molar refractivity (Wildman–Crippen MR) is 70.6 cm³/mol. The molecule has 0 radical (unpaired) electrons. The molecule has 0 amide bonds. The average molecular weight is 228 g/mol. The van der Waals surface area contributed by atoms with Crippen LogP contribution in [0.3, 0.4) is 0 Å². The second-order valence-corrected chi connectivity index (χ2v) is 5.20. The Morgan fingerprint density at radius 1 is 1.40 bits per heavy atom. The number of thiocarbonyl (C=S) groups is 1. The molecule has 1 heterocycles. The van der Waals surface area contributed by atoms with E-state index in [1.807, 2.05) is 0 Å². The van der Waals surface area contributed by atoms with Crippen LogP contribution in [0.1, 0.15) is 39.0 Å². The van der Waals surface area contributed by atoms with Gasteiger partial charge in [0.15, 0.2) is 0 Å². The molecule has 15 heavy (non-hydrogen) atoms. The summed E-state index contributed by atoms with van der Waals surface area (Å²) in [5.41, 5.74) is 0. The smallest absolute Gasteiger partial charge is 0.0272 e. The quantitative estimate of drug-likeness (QED) is 0.531. The molecular weight excluding hydrogens is 204 g/mol. The van der Waals surface area contributed by atoms with Gasteiger partial charge in [0.05, 0.1) is 0 Å². The molecule has 1 unspecified atom stereocenters. The third-order valence-electron chi connectivity index (χ3n) is 3.06. The van der Waals surface area contributed by atoms with Crippen LogP contribution in [0, 0.1) is 0 Å². The molecule has 1 saturated heterocycles. The first-order valence-electron chi connectivity index (χ1n) is 6.16. The van der Waals surface area contributed by atoms with E-state index in [1.165, 1.54) is 43.6 Å². The second-order valence-electron chi connectivity index (χ2n) is 4.62. The summed E-state index contributed by atoms with van der Waals surface area (Å²) in [5, 5.41) is 3.46. The molecule has 1 N–H and O–H groups in total. The molecular formula is C12H24N2S. The van der Waals surface area contributed by atoms with Gasteiger partial charge in [-0.1, -0.05) is 32.0 Å². The summed E-state index contributed by atoms with van der Waals surface area (Å²) in [7, 11) is 2.23. The Labute approximate surface area is 99.4 Å². The van der Waals surface area contributed by atoms with Gasteiger partial charge in [0.1, 0.15) is 0 Å². The average Bonchev–Trinajstić information content (AvgIpc) is 2.62. The number of nitrogens with zero attached hydrogens (tertiary/aromatic N) is 1. The van der Waals surface area contributed by atoms with E-state index in [0.29, 0.717) is 6.04 Å². The van der Waals surface area contributed by atoms with E-state index in [1.54, 1.807) is 0 Å². The molecule has 2 nitrogen and oxygen atoms in total. The molecule has 0 bridgehead atoms. The fraction of sp³-hybridized carbons (Fsp3) is 0.917. The van der Waals surface area contributed by atoms with Crippen LogP contribution in [-0.2, 0) is 0 Å². The first kappa shape index (κ1) is 13.1. The SMILES string of the molecule is CCCCCN(C)CCC1CC(=S)CN1. The minimum absolute atomic E-state index is 0.645. The summed E-state index contributed by atoms with van der Waals surface area (Å²) in [5.74, 6) is 0. The summed E-state index contributed by atoms with van der Waals surface area (Å²) < 4.78 is 0. The topological polar surface area (TPSA) is 15.3 Å². The van der Waals surface area contributed by atoms with Crippen molar-refractivity contribution in [1.29, 1.82) is 0 Å². The molecule has 0 aromatic heterocycles. The van der Waals surface area contributed by atoms with Crippen molar-refractivity contribution in [3.05, 3.63) is 0 Å². The van der Waals surface area contributed by atoms with E-state index in [2.05, 4.69) is 24.2 Å². The van der Waals surface area contributed by atoms with Gasteiger partial charge in [-0.25, -0.2) is 0 Å². The summed E-state index contributed by atoms with van der Waals surface area (Å²) in [4.78, 5) is 3.65. The zero-order valence-corrected chi connectivity index (χ0v) is 10.9. The zero-order valence-electron chi connectivity index (χ0n) is 10.1. The maximum atomic E-state index is 5.19. The fourth-order valence-electron chi connectivity index (χ4n) is 2.00. The molecule has 0 aromatic rings. The molecule has 1 fully saturated rings. The highest BCUT2D eigenvalue weighted by Gasteiger charge is 2.18. The lowest BCUT2D eigenvalue weighted by atomic mass is 10.1. The standard InChI is InChI=1S/C12H24N2S/c1-3-4-5-7-14(2)8-6-11-9-12(15)10-13-11/h11,13H,3-10H2,1-2H3. The van der Waals surface area contributed by atoms with Crippen LogP contribution < -0.4 is 5.32 Å². The fourth-order valence-corrected chi connectivity index (χ4v) is 2.29. The predicted octanol–water partition coefficient (Wildman–Crippen LogP) is 2.23. The van der Waals surface area contributed by atoms with Gasteiger partial charge in [-0.2, -0.15) is 0 Å². The van der Waals surface area contributed by atoms with Crippen molar-refractivity contribution in [2.24, 2.45) is 0 Å². The minimum Gasteiger partial charge on any atom is -0.309 e. The summed E-state index contributed by atoms with van der Waals surface area (Å²) in [6, 6.07) is 0.645. The Morgan fingerprint density at radius 2 is 2.20 bits per heavy atom. The van der Waals surface area contributed by atoms with Gasteiger partial charge in [-0.05, 0) is 39.4 Å². The van der Waals surface area contributed by atoms with Gasteiger partial charge in [0, 0.05) is 17.5 Å². The van der Waals surface area contributed by atoms with Crippen LogP contribution in [0.15, 0.2) is 0 Å². The molecule has 1 atom stereocenters. The summed E-state index contributed by atoms with van der Waals surface area (Å²) in [6.45, 7) is 5.65. The lowest BCUT2D eigenvalue weighted by molar-refractivity contribution is 0.306. The lowest BCUT2D eigenvalue weighted by Crippen LogP contribution is -2.29. The van der Waals surface area contributed by atoms with Crippen molar-refractivity contribution in [2.75, 3.05) is 26.7 Å². The van der Waals surface area contributed by atoms with Crippen LogP contribution in [0.5, 0.6) is 0 Å². The monoisotopic (exact) mass is 228 g/mol. The highest BCUT2D eigenvalue weighted by molar-refractivity contribution is 7.80. The Bertz CT molecular complexity index is 194. The van der Waals surface area contributed by atoms with Crippen molar-refractivity contribution < 1.29 is 0 Å². The number of unbranched alkanes of at least 4 members (excludes halogenated alkanes) is 2. The van der Waals surface area contributed by atoms with Gasteiger partial charge in [0.2, 0.25) is 0 Å². The van der Waals surface area contributed by atoms with Crippen molar-refractivity contribution in [3.8, 4) is 0 Å². The third kappa shape index (κ3) is 5.59. The van der Waals surface area contributed by atoms with E-state index in [0.717, 1.165) is 13.0 Å². The molecule has 0 aliphatic carbocycles. The van der Waals surface area contributed by atoms with Crippen LogP contribution in [0.4, 0.5) is 0 Å². The first-order chi connectivity index (χ1) is 7.22. The zero-order chi connectivity index (χ0) is 11.1. The molecule has 1 aliphatic heterocycles. The molecule has 0 aromatic carbocycles. The molecule has 1 aliphatic rings. The Kier molecular flexibility index (Phi) is 6.37. The maximum Gasteiger partial charge on any atom is 0.0272 e. The van der Waals surface area contributed by atoms with Gasteiger partial charge < -0.3 is 10.2 Å². The Balaban J connectivity index is 2.01. The van der Waals surface area contributed by atoms with E-state index in [-0.39, 0.29) is 0 Å². The van der Waals surface area contributed by atoms with E-state index < -0.39 is 0 Å². The van der Waals surface area contributed by atoms with Crippen LogP contribution in [0.25, 0.3) is 0 Å². The second kappa shape index (κ2) is 7.31. The third-order valence-corrected chi connectivity index (χ3v) is 3.38. The molecule has 1 rings (SSSR count). The lowest BCUT2D eigenvalue weighted by Gasteiger charge is -2.18. The van der Waals surface area contributed by atoms with E-state index in [4.69, 9.17) is 12.2 Å². The molecule has 88 valence electrons. The van der Waals surface area contributed by atoms with Crippen LogP contribution in [0.2, 0.25) is 0 Å². The Morgan fingerprint density at radius 3 is 2.80 bits per heavy atom. The van der Waals surface area contributed by atoms with Gasteiger partial charge in [0.25, 0.3) is 0 Å². The number of rotatable bonds is 7. The van der Waals surface area contributed by atoms with E-state index >= 15 is 0 Å². The van der Waals surface area contributed by atoms with Crippen molar-refractivity contribution in [2.45, 2.75) is 45.1 Å². The molecule has 0 saturated carbocycles. The van der Waals surface area contributed by atoms with Crippen molar-refractivity contribution in [3.63, 3.8) is 0 Å². The molecule has 0 spiro atoms. The van der Waals surface area contributed by atoms with Gasteiger partial charge in [-0.3, -0.25) is 0 Å².